The first-order valence-corrected chi connectivity index (χ1v) is 17.7. The Hall–Kier alpha value is -1.47. The highest BCUT2D eigenvalue weighted by molar-refractivity contribution is 7.46. The first-order chi connectivity index (χ1) is 19.8. The van der Waals surface area contributed by atoms with Gasteiger partial charge in [-0.2, -0.15) is 0 Å². The van der Waals surface area contributed by atoms with Crippen LogP contribution in [0.3, 0.4) is 0 Å². The Morgan fingerprint density at radius 3 is 1.68 bits per heavy atom. The summed E-state index contributed by atoms with van der Waals surface area (Å²) in [5.41, 5.74) is 0. The summed E-state index contributed by atoms with van der Waals surface area (Å²) >= 11 is 0. The van der Waals surface area contributed by atoms with Gasteiger partial charge in [0.05, 0.1) is 6.61 Å². The fraction of sp³-hybridized carbons (Fsp3) is 0.812. The average Bonchev–Trinajstić information content (AvgIpc) is 2.93. The SMILES string of the molecule is CCCC/C=C\C/C=C\CCCCCCCC(=O)OC(COC(=O)CCCCCCCCCCC)COP(=O)(O)O. The van der Waals surface area contributed by atoms with Crippen molar-refractivity contribution in [2.24, 2.45) is 0 Å². The average molecular weight is 603 g/mol. The second kappa shape index (κ2) is 28.6. The number of hydrogen-bond acceptors (Lipinski definition) is 6. The molecule has 0 saturated carbocycles. The summed E-state index contributed by atoms with van der Waals surface area (Å²) in [6.07, 6.45) is 29.1. The van der Waals surface area contributed by atoms with Crippen LogP contribution in [0.5, 0.6) is 0 Å². The van der Waals surface area contributed by atoms with E-state index >= 15 is 0 Å². The third kappa shape index (κ3) is 31.3. The van der Waals surface area contributed by atoms with Gasteiger partial charge in [-0.25, -0.2) is 4.57 Å². The highest BCUT2D eigenvalue weighted by Crippen LogP contribution is 2.35. The number of allylic oxidation sites excluding steroid dienone is 4. The van der Waals surface area contributed by atoms with E-state index in [2.05, 4.69) is 42.7 Å². The summed E-state index contributed by atoms with van der Waals surface area (Å²) in [6.45, 7) is 3.58. The Labute approximate surface area is 249 Å². The molecule has 0 heterocycles. The van der Waals surface area contributed by atoms with Crippen molar-refractivity contribution in [3.8, 4) is 0 Å². The topological polar surface area (TPSA) is 119 Å². The van der Waals surface area contributed by atoms with Crippen molar-refractivity contribution < 1.29 is 37.9 Å². The molecule has 1 atom stereocenters. The van der Waals surface area contributed by atoms with Gasteiger partial charge in [-0.1, -0.05) is 122 Å². The van der Waals surface area contributed by atoms with E-state index in [0.29, 0.717) is 6.42 Å². The molecule has 0 rings (SSSR count). The molecule has 0 saturated heterocycles. The number of phosphoric ester groups is 1. The van der Waals surface area contributed by atoms with Crippen LogP contribution in [0.4, 0.5) is 0 Å². The van der Waals surface area contributed by atoms with Crippen molar-refractivity contribution in [1.82, 2.24) is 0 Å². The Balaban J connectivity index is 4.06. The lowest BCUT2D eigenvalue weighted by Crippen LogP contribution is -2.29. The molecule has 0 aliphatic carbocycles. The van der Waals surface area contributed by atoms with E-state index in [9.17, 15) is 14.2 Å². The Morgan fingerprint density at radius 2 is 1.12 bits per heavy atom. The molecule has 0 aliphatic heterocycles. The number of esters is 2. The van der Waals surface area contributed by atoms with Crippen LogP contribution >= 0.6 is 7.82 Å². The van der Waals surface area contributed by atoms with Gasteiger partial charge in [0, 0.05) is 12.8 Å². The summed E-state index contributed by atoms with van der Waals surface area (Å²) < 4.78 is 26.1. The molecule has 41 heavy (non-hydrogen) atoms. The molecule has 1 unspecified atom stereocenters. The predicted octanol–water partition coefficient (Wildman–Crippen LogP) is 8.90. The number of ether oxygens (including phenoxy) is 2. The lowest BCUT2D eigenvalue weighted by Gasteiger charge is -2.18. The molecule has 0 aromatic carbocycles. The van der Waals surface area contributed by atoms with Gasteiger partial charge >= 0.3 is 19.8 Å². The maximum absolute atomic E-state index is 12.3. The second-order valence-electron chi connectivity index (χ2n) is 10.8. The molecular weight excluding hydrogens is 543 g/mol. The molecule has 0 aromatic heterocycles. The fourth-order valence-corrected chi connectivity index (χ4v) is 4.63. The number of carbonyl (C=O) groups excluding carboxylic acids is 2. The van der Waals surface area contributed by atoms with Gasteiger partial charge in [0.2, 0.25) is 0 Å². The Bertz CT molecular complexity index is 731. The van der Waals surface area contributed by atoms with Gasteiger partial charge in [-0.3, -0.25) is 14.1 Å². The minimum Gasteiger partial charge on any atom is -0.462 e. The van der Waals surface area contributed by atoms with E-state index in [0.717, 1.165) is 64.2 Å². The van der Waals surface area contributed by atoms with Gasteiger partial charge in [0.15, 0.2) is 6.10 Å². The van der Waals surface area contributed by atoms with Crippen LogP contribution in [0.15, 0.2) is 24.3 Å². The molecule has 0 aromatic rings. The highest BCUT2D eigenvalue weighted by atomic mass is 31.2. The summed E-state index contributed by atoms with van der Waals surface area (Å²) in [5, 5.41) is 0. The van der Waals surface area contributed by atoms with Crippen LogP contribution in [-0.2, 0) is 28.2 Å². The van der Waals surface area contributed by atoms with Gasteiger partial charge < -0.3 is 19.3 Å². The van der Waals surface area contributed by atoms with Crippen LogP contribution in [0.2, 0.25) is 0 Å². The van der Waals surface area contributed by atoms with Crippen molar-refractivity contribution in [1.29, 1.82) is 0 Å². The molecule has 0 bridgehead atoms. The van der Waals surface area contributed by atoms with Crippen molar-refractivity contribution in [2.75, 3.05) is 13.2 Å². The molecule has 9 heteroatoms. The molecular formula is C32H59O8P. The van der Waals surface area contributed by atoms with E-state index in [4.69, 9.17) is 19.3 Å². The normalized spacial score (nSPS) is 12.8. The summed E-state index contributed by atoms with van der Waals surface area (Å²) in [6, 6.07) is 0. The lowest BCUT2D eigenvalue weighted by molar-refractivity contribution is -0.161. The quantitative estimate of drug-likeness (QED) is 0.0377. The number of rotatable bonds is 29. The van der Waals surface area contributed by atoms with Crippen LogP contribution < -0.4 is 0 Å². The Kier molecular flexibility index (Phi) is 27.6. The predicted molar refractivity (Wildman–Crippen MR) is 165 cm³/mol. The first kappa shape index (κ1) is 39.5. The number of unbranched alkanes of at least 4 members (excludes halogenated alkanes) is 15. The summed E-state index contributed by atoms with van der Waals surface area (Å²) in [4.78, 5) is 42.4. The van der Waals surface area contributed by atoms with Gasteiger partial charge in [-0.15, -0.1) is 0 Å². The van der Waals surface area contributed by atoms with E-state index in [-0.39, 0.29) is 19.4 Å². The highest BCUT2D eigenvalue weighted by Gasteiger charge is 2.22. The Morgan fingerprint density at radius 1 is 0.634 bits per heavy atom. The summed E-state index contributed by atoms with van der Waals surface area (Å²) in [7, 11) is -4.74. The molecule has 0 aliphatic rings. The standard InChI is InChI=1S/C32H59O8P/c1-3-5-7-9-11-13-14-15-16-17-19-21-23-25-27-32(34)40-30(29-39-41(35,36)37)28-38-31(33)26-24-22-20-18-12-10-8-6-4-2/h9,11,14-15,30H,3-8,10,12-13,16-29H2,1-2H3,(H2,35,36,37)/b11-9-,15-14-. The van der Waals surface area contributed by atoms with E-state index < -0.39 is 32.5 Å². The minimum absolute atomic E-state index is 0.197. The zero-order valence-corrected chi connectivity index (χ0v) is 26.8. The van der Waals surface area contributed by atoms with E-state index in [1.807, 2.05) is 0 Å². The minimum atomic E-state index is -4.74. The van der Waals surface area contributed by atoms with Crippen molar-refractivity contribution in [2.45, 2.75) is 155 Å². The maximum Gasteiger partial charge on any atom is 0.469 e. The van der Waals surface area contributed by atoms with Gasteiger partial charge in [0.25, 0.3) is 0 Å². The fourth-order valence-electron chi connectivity index (χ4n) is 4.27. The molecule has 0 amide bonds. The number of phosphoric acid groups is 1. The largest absolute Gasteiger partial charge is 0.469 e. The molecule has 0 radical (unpaired) electrons. The maximum atomic E-state index is 12.3. The first-order valence-electron chi connectivity index (χ1n) is 16.1. The van der Waals surface area contributed by atoms with Crippen LogP contribution in [0, 0.1) is 0 Å². The monoisotopic (exact) mass is 602 g/mol. The third-order valence-corrected chi connectivity index (χ3v) is 7.21. The third-order valence-electron chi connectivity index (χ3n) is 6.72. The van der Waals surface area contributed by atoms with Crippen LogP contribution in [-0.4, -0.2) is 41.0 Å². The molecule has 0 fully saturated rings. The van der Waals surface area contributed by atoms with Gasteiger partial charge in [-0.05, 0) is 38.5 Å². The number of carbonyl (C=O) groups is 2. The van der Waals surface area contributed by atoms with E-state index in [1.165, 1.54) is 51.4 Å². The summed E-state index contributed by atoms with van der Waals surface area (Å²) in [5.74, 6) is -0.905. The van der Waals surface area contributed by atoms with Crippen molar-refractivity contribution >= 4 is 19.8 Å². The molecule has 2 N–H and O–H groups in total. The lowest BCUT2D eigenvalue weighted by atomic mass is 10.1. The molecule has 8 nitrogen and oxygen atoms in total. The van der Waals surface area contributed by atoms with Gasteiger partial charge in [0.1, 0.15) is 6.61 Å². The van der Waals surface area contributed by atoms with E-state index in [1.54, 1.807) is 0 Å². The van der Waals surface area contributed by atoms with Crippen molar-refractivity contribution in [3.63, 3.8) is 0 Å². The van der Waals surface area contributed by atoms with Crippen LogP contribution in [0.25, 0.3) is 0 Å². The van der Waals surface area contributed by atoms with Crippen molar-refractivity contribution in [3.05, 3.63) is 24.3 Å². The molecule has 240 valence electrons. The zero-order chi connectivity index (χ0) is 30.4. The molecule has 0 spiro atoms. The van der Waals surface area contributed by atoms with Crippen LogP contribution in [0.1, 0.15) is 149 Å². The zero-order valence-electron chi connectivity index (χ0n) is 25.9. The second-order valence-corrected chi connectivity index (χ2v) is 12.0. The number of hydrogen-bond donors (Lipinski definition) is 2. The smallest absolute Gasteiger partial charge is 0.462 e.